The highest BCUT2D eigenvalue weighted by atomic mass is 32.2. The molecular formula is C18H20N2O5S. The van der Waals surface area contributed by atoms with Crippen molar-refractivity contribution in [3.63, 3.8) is 0 Å². The highest BCUT2D eigenvalue weighted by molar-refractivity contribution is 7.89. The van der Waals surface area contributed by atoms with Gasteiger partial charge in [-0.2, -0.15) is 4.31 Å². The summed E-state index contributed by atoms with van der Waals surface area (Å²) in [5.74, 6) is 0.494. The Balaban J connectivity index is 1.72. The summed E-state index contributed by atoms with van der Waals surface area (Å²) in [5, 5.41) is 2.66. The monoisotopic (exact) mass is 376 g/mol. The van der Waals surface area contributed by atoms with Crippen molar-refractivity contribution < 1.29 is 22.7 Å². The van der Waals surface area contributed by atoms with E-state index in [1.807, 2.05) is 6.07 Å². The molecule has 2 aromatic rings. The average molecular weight is 376 g/mol. The topological polar surface area (TPSA) is 84.9 Å². The Kier molecular flexibility index (Phi) is 5.43. The summed E-state index contributed by atoms with van der Waals surface area (Å²) in [6, 6.07) is 13.3. The molecule has 0 radical (unpaired) electrons. The van der Waals surface area contributed by atoms with E-state index in [2.05, 4.69) is 5.32 Å². The van der Waals surface area contributed by atoms with E-state index >= 15 is 0 Å². The summed E-state index contributed by atoms with van der Waals surface area (Å²) >= 11 is 0. The maximum absolute atomic E-state index is 12.7. The lowest BCUT2D eigenvalue weighted by atomic mass is 10.3. The van der Waals surface area contributed by atoms with Crippen LogP contribution in [0.5, 0.6) is 11.5 Å². The summed E-state index contributed by atoms with van der Waals surface area (Å²) in [4.78, 5) is 12.2. The van der Waals surface area contributed by atoms with Crippen molar-refractivity contribution in [3.05, 3.63) is 48.5 Å². The van der Waals surface area contributed by atoms with Crippen molar-refractivity contribution in [2.24, 2.45) is 0 Å². The van der Waals surface area contributed by atoms with Gasteiger partial charge in [-0.15, -0.1) is 0 Å². The van der Waals surface area contributed by atoms with E-state index in [0.717, 1.165) is 10.7 Å². The lowest BCUT2D eigenvalue weighted by molar-refractivity contribution is -0.116. The predicted octanol–water partition coefficient (Wildman–Crippen LogP) is 2.11. The van der Waals surface area contributed by atoms with Crippen LogP contribution >= 0.6 is 0 Å². The summed E-state index contributed by atoms with van der Waals surface area (Å²) < 4.78 is 37.5. The standard InChI is InChI=1S/C18H20N2O5S/c1-20(13-18(21)19-14-6-3-2-4-7-14)26(22,23)15-8-9-16-17(12-15)25-11-5-10-24-16/h2-4,6-9,12H,5,10-11,13H2,1H3,(H,19,21). The largest absolute Gasteiger partial charge is 0.490 e. The van der Waals surface area contributed by atoms with Gasteiger partial charge < -0.3 is 14.8 Å². The molecule has 0 saturated carbocycles. The number of nitrogens with zero attached hydrogens (tertiary/aromatic N) is 1. The van der Waals surface area contributed by atoms with Crippen LogP contribution in [0, 0.1) is 0 Å². The van der Waals surface area contributed by atoms with E-state index in [1.54, 1.807) is 30.3 Å². The van der Waals surface area contributed by atoms with Crippen molar-refractivity contribution >= 4 is 21.6 Å². The Morgan fingerprint density at radius 2 is 1.77 bits per heavy atom. The minimum Gasteiger partial charge on any atom is -0.490 e. The number of hydrogen-bond acceptors (Lipinski definition) is 5. The molecule has 1 heterocycles. The molecule has 0 unspecified atom stereocenters. The molecule has 0 aliphatic carbocycles. The minimum absolute atomic E-state index is 0.0526. The maximum Gasteiger partial charge on any atom is 0.243 e. The molecule has 0 saturated heterocycles. The molecule has 7 nitrogen and oxygen atoms in total. The van der Waals surface area contributed by atoms with Crippen molar-refractivity contribution in [2.45, 2.75) is 11.3 Å². The molecule has 2 aromatic carbocycles. The fraction of sp³-hybridized carbons (Fsp3) is 0.278. The van der Waals surface area contributed by atoms with Crippen LogP contribution < -0.4 is 14.8 Å². The van der Waals surface area contributed by atoms with E-state index < -0.39 is 15.9 Å². The highest BCUT2D eigenvalue weighted by Crippen LogP contribution is 2.32. The van der Waals surface area contributed by atoms with Gasteiger partial charge in [-0.25, -0.2) is 8.42 Å². The van der Waals surface area contributed by atoms with E-state index in [1.165, 1.54) is 19.2 Å². The molecular weight excluding hydrogens is 356 g/mol. The smallest absolute Gasteiger partial charge is 0.243 e. The molecule has 1 amide bonds. The van der Waals surface area contributed by atoms with Gasteiger partial charge in [0.1, 0.15) is 0 Å². The van der Waals surface area contributed by atoms with Gasteiger partial charge in [0.2, 0.25) is 15.9 Å². The Labute approximate surface area is 152 Å². The van der Waals surface area contributed by atoms with Gasteiger partial charge >= 0.3 is 0 Å². The van der Waals surface area contributed by atoms with Crippen LogP contribution in [0.4, 0.5) is 5.69 Å². The van der Waals surface area contributed by atoms with Gasteiger partial charge in [0, 0.05) is 25.2 Å². The van der Waals surface area contributed by atoms with Crippen molar-refractivity contribution in [1.29, 1.82) is 0 Å². The van der Waals surface area contributed by atoms with Crippen molar-refractivity contribution in [1.82, 2.24) is 4.31 Å². The van der Waals surface area contributed by atoms with E-state index in [4.69, 9.17) is 9.47 Å². The minimum atomic E-state index is -3.83. The van der Waals surface area contributed by atoms with Crippen LogP contribution in [0.3, 0.4) is 0 Å². The number of sulfonamides is 1. The zero-order valence-corrected chi connectivity index (χ0v) is 15.2. The number of ether oxygens (including phenoxy) is 2. The molecule has 138 valence electrons. The summed E-state index contributed by atoms with van der Waals surface area (Å²) in [6.45, 7) is 0.691. The second kappa shape index (κ2) is 7.76. The summed E-state index contributed by atoms with van der Waals surface area (Å²) in [6.07, 6.45) is 0.732. The van der Waals surface area contributed by atoms with Crippen molar-refractivity contribution in [3.8, 4) is 11.5 Å². The van der Waals surface area contributed by atoms with E-state index in [-0.39, 0.29) is 11.4 Å². The number of fused-ring (bicyclic) bond motifs is 1. The molecule has 3 rings (SSSR count). The summed E-state index contributed by atoms with van der Waals surface area (Å²) in [7, 11) is -2.47. The van der Waals surface area contributed by atoms with Crippen LogP contribution in [0.1, 0.15) is 6.42 Å². The first kappa shape index (κ1) is 18.2. The molecule has 1 aliphatic rings. The second-order valence-corrected chi connectivity index (χ2v) is 7.88. The lowest BCUT2D eigenvalue weighted by Gasteiger charge is -2.18. The molecule has 0 bridgehead atoms. The number of likely N-dealkylation sites (N-methyl/N-ethyl adjacent to an activating group) is 1. The van der Waals surface area contributed by atoms with Gasteiger partial charge in [0.15, 0.2) is 11.5 Å². The number of nitrogens with one attached hydrogen (secondary N) is 1. The number of carbonyl (C=O) groups excluding carboxylic acids is 1. The zero-order valence-electron chi connectivity index (χ0n) is 14.3. The van der Waals surface area contributed by atoms with Crippen LogP contribution in [0.2, 0.25) is 0 Å². The number of hydrogen-bond donors (Lipinski definition) is 1. The Morgan fingerprint density at radius 1 is 1.08 bits per heavy atom. The normalized spacial score (nSPS) is 13.9. The van der Waals surface area contributed by atoms with Crippen LogP contribution in [0.25, 0.3) is 0 Å². The molecule has 0 atom stereocenters. The first-order chi connectivity index (χ1) is 12.5. The Hall–Kier alpha value is -2.58. The van der Waals surface area contributed by atoms with Gasteiger partial charge in [-0.3, -0.25) is 4.79 Å². The molecule has 1 N–H and O–H groups in total. The van der Waals surface area contributed by atoms with Gasteiger partial charge in [0.05, 0.1) is 24.7 Å². The van der Waals surface area contributed by atoms with Gasteiger partial charge in [-0.05, 0) is 24.3 Å². The summed E-state index contributed by atoms with van der Waals surface area (Å²) in [5.41, 5.74) is 0.610. The van der Waals surface area contributed by atoms with E-state index in [9.17, 15) is 13.2 Å². The Bertz CT molecular complexity index is 884. The van der Waals surface area contributed by atoms with Crippen LogP contribution in [0.15, 0.2) is 53.4 Å². The zero-order chi connectivity index (χ0) is 18.6. The molecule has 26 heavy (non-hydrogen) atoms. The molecule has 1 aliphatic heterocycles. The number of amides is 1. The van der Waals surface area contributed by atoms with E-state index in [0.29, 0.717) is 30.4 Å². The number of benzene rings is 2. The SMILES string of the molecule is CN(CC(=O)Nc1ccccc1)S(=O)(=O)c1ccc2c(c1)OCCCO2. The number of rotatable bonds is 5. The Morgan fingerprint density at radius 3 is 2.50 bits per heavy atom. The third-order valence-electron chi connectivity index (χ3n) is 3.85. The fourth-order valence-corrected chi connectivity index (χ4v) is 3.64. The maximum atomic E-state index is 12.7. The number of anilines is 1. The van der Waals surface area contributed by atoms with Crippen molar-refractivity contribution in [2.75, 3.05) is 32.1 Å². The quantitative estimate of drug-likeness (QED) is 0.864. The lowest BCUT2D eigenvalue weighted by Crippen LogP contribution is -2.35. The number of para-hydroxylation sites is 1. The number of carbonyl (C=O) groups is 1. The van der Waals surface area contributed by atoms with Crippen LogP contribution in [-0.2, 0) is 14.8 Å². The fourth-order valence-electron chi connectivity index (χ4n) is 2.49. The molecule has 0 aromatic heterocycles. The molecule has 0 fully saturated rings. The third kappa shape index (κ3) is 4.14. The van der Waals surface area contributed by atoms with Gasteiger partial charge in [-0.1, -0.05) is 18.2 Å². The molecule has 8 heteroatoms. The first-order valence-corrected chi connectivity index (χ1v) is 9.62. The highest BCUT2D eigenvalue weighted by Gasteiger charge is 2.25. The van der Waals surface area contributed by atoms with Gasteiger partial charge in [0.25, 0.3) is 0 Å². The van der Waals surface area contributed by atoms with Crippen LogP contribution in [-0.4, -0.2) is 45.4 Å². The third-order valence-corrected chi connectivity index (χ3v) is 5.65. The predicted molar refractivity (Wildman–Crippen MR) is 96.9 cm³/mol. The molecule has 0 spiro atoms. The second-order valence-electron chi connectivity index (χ2n) is 5.83. The average Bonchev–Trinajstić information content (AvgIpc) is 2.87. The first-order valence-electron chi connectivity index (χ1n) is 8.18.